The number of hydrogen-bond donors (Lipinski definition) is 3. The summed E-state index contributed by atoms with van der Waals surface area (Å²) in [7, 11) is 0. The van der Waals surface area contributed by atoms with Crippen LogP contribution >= 0.6 is 11.3 Å². The largest absolute Gasteiger partial charge is 0.385 e. The van der Waals surface area contributed by atoms with E-state index in [1.165, 1.54) is 11.3 Å². The van der Waals surface area contributed by atoms with Crippen molar-refractivity contribution in [1.82, 2.24) is 15.0 Å². The zero-order valence-corrected chi connectivity index (χ0v) is 10.3. The number of aliphatic hydroxyl groups excluding tert-OH is 1. The van der Waals surface area contributed by atoms with Crippen molar-refractivity contribution in [2.45, 2.75) is 6.10 Å². The van der Waals surface area contributed by atoms with Crippen LogP contribution in [-0.2, 0) is 0 Å². The first-order chi connectivity index (χ1) is 8.78. The molecule has 0 spiro atoms. The van der Waals surface area contributed by atoms with Crippen LogP contribution in [0.5, 0.6) is 0 Å². The molecule has 6 heteroatoms. The molecule has 1 unspecified atom stereocenters. The Hall–Kier alpha value is -1.76. The van der Waals surface area contributed by atoms with Crippen LogP contribution in [0.4, 0.5) is 0 Å². The first-order valence-electron chi connectivity index (χ1n) is 5.55. The summed E-state index contributed by atoms with van der Waals surface area (Å²) >= 11 is 1.50. The minimum Gasteiger partial charge on any atom is -0.385 e. The van der Waals surface area contributed by atoms with Crippen molar-refractivity contribution in [3.05, 3.63) is 35.6 Å². The van der Waals surface area contributed by atoms with Crippen molar-refractivity contribution in [3.63, 3.8) is 0 Å². The molecule has 4 N–H and O–H groups in total. The van der Waals surface area contributed by atoms with Crippen LogP contribution in [0.3, 0.4) is 0 Å². The van der Waals surface area contributed by atoms with E-state index in [2.05, 4.69) is 15.0 Å². The first-order valence-corrected chi connectivity index (χ1v) is 6.43. The van der Waals surface area contributed by atoms with Crippen molar-refractivity contribution >= 4 is 22.4 Å². The van der Waals surface area contributed by atoms with Crippen molar-refractivity contribution in [2.24, 2.45) is 5.73 Å². The lowest BCUT2D eigenvalue weighted by molar-refractivity contribution is 0.182. The maximum absolute atomic E-state index is 9.63. The molecular formula is C12H12N4OS. The standard InChI is InChI=1S/C12H12N4OS/c13-4-11(17)10-5-18-12(16-10)7-1-2-8-9(3-7)15-6-14-8/h1-3,5-6,11,17H,4,13H2,(H,14,15). The maximum atomic E-state index is 9.63. The molecule has 0 bridgehead atoms. The molecule has 5 nitrogen and oxygen atoms in total. The van der Waals surface area contributed by atoms with Gasteiger partial charge in [-0.3, -0.25) is 0 Å². The number of hydrogen-bond acceptors (Lipinski definition) is 5. The number of thiazole rings is 1. The Labute approximate surface area is 107 Å². The molecule has 0 aliphatic heterocycles. The molecule has 1 atom stereocenters. The van der Waals surface area contributed by atoms with Gasteiger partial charge < -0.3 is 15.8 Å². The zero-order valence-electron chi connectivity index (χ0n) is 9.50. The van der Waals surface area contributed by atoms with Gasteiger partial charge in [0.2, 0.25) is 0 Å². The number of imidazole rings is 1. The van der Waals surface area contributed by atoms with Gasteiger partial charge in [0.25, 0.3) is 0 Å². The number of aromatic amines is 1. The molecule has 2 aromatic heterocycles. The highest BCUT2D eigenvalue weighted by Gasteiger charge is 2.11. The highest BCUT2D eigenvalue weighted by atomic mass is 32.1. The third-order valence-corrected chi connectivity index (χ3v) is 3.66. The van der Waals surface area contributed by atoms with E-state index >= 15 is 0 Å². The molecule has 0 fully saturated rings. The van der Waals surface area contributed by atoms with Crippen LogP contribution in [0.25, 0.3) is 21.6 Å². The summed E-state index contributed by atoms with van der Waals surface area (Å²) in [6, 6.07) is 5.92. The Morgan fingerprint density at radius 2 is 2.33 bits per heavy atom. The van der Waals surface area contributed by atoms with Gasteiger partial charge in [0.1, 0.15) is 11.1 Å². The Balaban J connectivity index is 2.00. The SMILES string of the molecule is NCC(O)c1csc(-c2ccc3nc[nH]c3c2)n1. The van der Waals surface area contributed by atoms with Gasteiger partial charge in [0, 0.05) is 17.5 Å². The molecule has 2 heterocycles. The Kier molecular flexibility index (Phi) is 2.83. The van der Waals surface area contributed by atoms with Gasteiger partial charge in [0.05, 0.1) is 23.1 Å². The second-order valence-corrected chi connectivity index (χ2v) is 4.82. The lowest BCUT2D eigenvalue weighted by atomic mass is 10.2. The zero-order chi connectivity index (χ0) is 12.5. The van der Waals surface area contributed by atoms with Gasteiger partial charge in [0.15, 0.2) is 0 Å². The predicted molar refractivity (Wildman–Crippen MR) is 71.2 cm³/mol. The van der Waals surface area contributed by atoms with Crippen molar-refractivity contribution in [1.29, 1.82) is 0 Å². The highest BCUT2D eigenvalue weighted by molar-refractivity contribution is 7.13. The van der Waals surface area contributed by atoms with Gasteiger partial charge >= 0.3 is 0 Å². The number of aromatic nitrogens is 3. The van der Waals surface area contributed by atoms with Crippen LogP contribution < -0.4 is 5.73 Å². The number of nitrogens with zero attached hydrogens (tertiary/aromatic N) is 2. The topological polar surface area (TPSA) is 87.8 Å². The monoisotopic (exact) mass is 260 g/mol. The van der Waals surface area contributed by atoms with Gasteiger partial charge in [-0.05, 0) is 18.2 Å². The minimum atomic E-state index is -0.689. The summed E-state index contributed by atoms with van der Waals surface area (Å²) in [5.41, 5.74) is 8.95. The van der Waals surface area contributed by atoms with Crippen LogP contribution in [0.2, 0.25) is 0 Å². The number of aliphatic hydroxyl groups is 1. The summed E-state index contributed by atoms with van der Waals surface area (Å²) < 4.78 is 0. The summed E-state index contributed by atoms with van der Waals surface area (Å²) in [6.07, 6.45) is 0.978. The maximum Gasteiger partial charge on any atom is 0.123 e. The Morgan fingerprint density at radius 1 is 1.44 bits per heavy atom. The molecule has 3 aromatic rings. The Morgan fingerprint density at radius 3 is 3.17 bits per heavy atom. The fourth-order valence-corrected chi connectivity index (χ4v) is 2.62. The molecular weight excluding hydrogens is 248 g/mol. The molecule has 1 aromatic carbocycles. The van der Waals surface area contributed by atoms with E-state index in [1.807, 2.05) is 23.6 Å². The molecule has 0 aliphatic carbocycles. The van der Waals surface area contributed by atoms with Gasteiger partial charge in [-0.25, -0.2) is 9.97 Å². The third-order valence-electron chi connectivity index (χ3n) is 2.75. The lowest BCUT2D eigenvalue weighted by Crippen LogP contribution is -2.11. The number of rotatable bonds is 3. The van der Waals surface area contributed by atoms with Crippen LogP contribution in [-0.4, -0.2) is 26.6 Å². The molecule has 3 rings (SSSR count). The number of nitrogens with one attached hydrogen (secondary N) is 1. The molecule has 0 saturated heterocycles. The summed E-state index contributed by atoms with van der Waals surface area (Å²) in [6.45, 7) is 0.183. The fraction of sp³-hybridized carbons (Fsp3) is 0.167. The second-order valence-electron chi connectivity index (χ2n) is 3.96. The van der Waals surface area contributed by atoms with Crippen LogP contribution in [0.1, 0.15) is 11.8 Å². The molecule has 0 radical (unpaired) electrons. The minimum absolute atomic E-state index is 0.183. The quantitative estimate of drug-likeness (QED) is 0.668. The van der Waals surface area contributed by atoms with Gasteiger partial charge in [-0.15, -0.1) is 11.3 Å². The van der Waals surface area contributed by atoms with E-state index in [4.69, 9.17) is 5.73 Å². The molecule has 0 amide bonds. The van der Waals surface area contributed by atoms with Crippen LogP contribution in [0.15, 0.2) is 29.9 Å². The average molecular weight is 260 g/mol. The van der Waals surface area contributed by atoms with Gasteiger partial charge in [-0.2, -0.15) is 0 Å². The number of H-pyrrole nitrogens is 1. The number of benzene rings is 1. The third kappa shape index (κ3) is 1.90. The fourth-order valence-electron chi connectivity index (χ4n) is 1.76. The van der Waals surface area contributed by atoms with E-state index in [-0.39, 0.29) is 6.54 Å². The molecule has 92 valence electrons. The second kappa shape index (κ2) is 4.49. The van der Waals surface area contributed by atoms with Crippen molar-refractivity contribution in [3.8, 4) is 10.6 Å². The number of fused-ring (bicyclic) bond motifs is 1. The van der Waals surface area contributed by atoms with E-state index in [9.17, 15) is 5.11 Å². The summed E-state index contributed by atoms with van der Waals surface area (Å²) in [4.78, 5) is 11.6. The normalized spacial score (nSPS) is 13.0. The first kappa shape index (κ1) is 11.3. The average Bonchev–Trinajstić information content (AvgIpc) is 3.05. The van der Waals surface area contributed by atoms with E-state index in [0.29, 0.717) is 5.69 Å². The van der Waals surface area contributed by atoms with Crippen LogP contribution in [0, 0.1) is 0 Å². The summed E-state index contributed by atoms with van der Waals surface area (Å²) in [5.74, 6) is 0. The van der Waals surface area contributed by atoms with Gasteiger partial charge in [-0.1, -0.05) is 0 Å². The smallest absolute Gasteiger partial charge is 0.123 e. The van der Waals surface area contributed by atoms with E-state index in [0.717, 1.165) is 21.6 Å². The summed E-state index contributed by atoms with van der Waals surface area (Å²) in [5, 5.41) is 12.3. The van der Waals surface area contributed by atoms with E-state index < -0.39 is 6.10 Å². The van der Waals surface area contributed by atoms with E-state index in [1.54, 1.807) is 6.33 Å². The number of nitrogens with two attached hydrogens (primary N) is 1. The molecule has 0 aliphatic rings. The molecule has 0 saturated carbocycles. The van der Waals surface area contributed by atoms with Crippen molar-refractivity contribution < 1.29 is 5.11 Å². The predicted octanol–water partition coefficient (Wildman–Crippen LogP) is 1.68. The molecule has 18 heavy (non-hydrogen) atoms. The highest BCUT2D eigenvalue weighted by Crippen LogP contribution is 2.27. The lowest BCUT2D eigenvalue weighted by Gasteiger charge is -2.02. The van der Waals surface area contributed by atoms with Crippen molar-refractivity contribution in [2.75, 3.05) is 6.54 Å². The Bertz CT molecular complexity index is 675.